The van der Waals surface area contributed by atoms with Crippen molar-refractivity contribution in [2.75, 3.05) is 6.54 Å². The van der Waals surface area contributed by atoms with Crippen molar-refractivity contribution in [2.45, 2.75) is 32.7 Å². The fourth-order valence-corrected chi connectivity index (χ4v) is 2.75. The first-order valence-electron chi connectivity index (χ1n) is 6.08. The van der Waals surface area contributed by atoms with Crippen LogP contribution in [0.25, 0.3) is 0 Å². The van der Waals surface area contributed by atoms with Crippen molar-refractivity contribution in [2.24, 2.45) is 0 Å². The molecule has 2 aromatic heterocycles. The van der Waals surface area contributed by atoms with Crippen LogP contribution in [0.1, 0.15) is 35.8 Å². The minimum atomic E-state index is 0.142. The lowest BCUT2D eigenvalue weighted by atomic mass is 10.1. The number of thiazole rings is 1. The third kappa shape index (κ3) is 3.57. The molecule has 0 aromatic carbocycles. The summed E-state index contributed by atoms with van der Waals surface area (Å²) < 4.78 is 5.50. The summed E-state index contributed by atoms with van der Waals surface area (Å²) in [4.78, 5) is 4.49. The molecule has 2 aromatic rings. The molecule has 0 aliphatic heterocycles. The zero-order valence-corrected chi connectivity index (χ0v) is 12.1. The van der Waals surface area contributed by atoms with E-state index in [2.05, 4.69) is 22.6 Å². The quantitative estimate of drug-likeness (QED) is 0.872. The molecule has 0 aliphatic rings. The summed E-state index contributed by atoms with van der Waals surface area (Å²) in [7, 11) is 0. The normalized spacial score (nSPS) is 12.8. The van der Waals surface area contributed by atoms with E-state index in [1.807, 2.05) is 13.0 Å². The Kier molecular flexibility index (Phi) is 4.80. The third-order valence-corrected chi connectivity index (χ3v) is 3.82. The summed E-state index contributed by atoms with van der Waals surface area (Å²) in [6.07, 6.45) is 1.92. The second-order valence-corrected chi connectivity index (χ2v) is 5.55. The van der Waals surface area contributed by atoms with Crippen molar-refractivity contribution in [3.05, 3.63) is 39.2 Å². The first-order valence-corrected chi connectivity index (χ1v) is 7.34. The second-order valence-electron chi connectivity index (χ2n) is 4.24. The molecule has 0 fully saturated rings. The number of hydrogen-bond acceptors (Lipinski definition) is 4. The van der Waals surface area contributed by atoms with E-state index in [1.165, 1.54) is 0 Å². The van der Waals surface area contributed by atoms with Crippen LogP contribution >= 0.6 is 22.9 Å². The average Bonchev–Trinajstić information content (AvgIpc) is 2.93. The first-order chi connectivity index (χ1) is 8.69. The maximum Gasteiger partial charge on any atom is 0.193 e. The molecule has 0 spiro atoms. The fraction of sp³-hybridized carbons (Fsp3) is 0.462. The maximum atomic E-state index is 5.84. The number of aromatic nitrogens is 1. The molecule has 5 heteroatoms. The Bertz CT molecular complexity index is 495. The van der Waals surface area contributed by atoms with Crippen molar-refractivity contribution < 1.29 is 4.42 Å². The molecular formula is C13H17ClN2OS. The van der Waals surface area contributed by atoms with Crippen LogP contribution in [0.4, 0.5) is 0 Å². The summed E-state index contributed by atoms with van der Waals surface area (Å²) in [5.74, 6) is 0.876. The van der Waals surface area contributed by atoms with Crippen molar-refractivity contribution in [3.8, 4) is 0 Å². The fourth-order valence-electron chi connectivity index (χ4n) is 1.78. The van der Waals surface area contributed by atoms with E-state index >= 15 is 0 Å². The van der Waals surface area contributed by atoms with Crippen LogP contribution in [0.3, 0.4) is 0 Å². The summed E-state index contributed by atoms with van der Waals surface area (Å²) in [5.41, 5.74) is 1.07. The SMILES string of the molecule is CCCNC(Cc1nc(C)cs1)c1ccc(Cl)o1. The van der Waals surface area contributed by atoms with Gasteiger partial charge in [0.05, 0.1) is 11.0 Å². The van der Waals surface area contributed by atoms with Gasteiger partial charge in [-0.25, -0.2) is 4.98 Å². The Hall–Kier alpha value is -0.840. The van der Waals surface area contributed by atoms with Gasteiger partial charge in [0, 0.05) is 17.5 Å². The molecule has 0 saturated heterocycles. The van der Waals surface area contributed by atoms with E-state index in [1.54, 1.807) is 17.4 Å². The number of halogens is 1. The molecule has 0 bridgehead atoms. The zero-order chi connectivity index (χ0) is 13.0. The lowest BCUT2D eigenvalue weighted by Gasteiger charge is -2.14. The van der Waals surface area contributed by atoms with Crippen LogP contribution in [-0.4, -0.2) is 11.5 Å². The van der Waals surface area contributed by atoms with E-state index < -0.39 is 0 Å². The van der Waals surface area contributed by atoms with Gasteiger partial charge in [-0.3, -0.25) is 0 Å². The highest BCUT2D eigenvalue weighted by Gasteiger charge is 2.17. The largest absolute Gasteiger partial charge is 0.448 e. The molecule has 0 aliphatic carbocycles. The van der Waals surface area contributed by atoms with Crippen molar-refractivity contribution in [3.63, 3.8) is 0 Å². The van der Waals surface area contributed by atoms with Crippen LogP contribution in [0.5, 0.6) is 0 Å². The molecule has 2 heterocycles. The second kappa shape index (κ2) is 6.36. The van der Waals surface area contributed by atoms with Gasteiger partial charge in [0.2, 0.25) is 0 Å². The van der Waals surface area contributed by atoms with E-state index in [-0.39, 0.29) is 6.04 Å². The maximum absolute atomic E-state index is 5.84. The Labute approximate surface area is 116 Å². The van der Waals surface area contributed by atoms with Crippen molar-refractivity contribution in [1.29, 1.82) is 0 Å². The Morgan fingerprint density at radius 3 is 2.89 bits per heavy atom. The smallest absolute Gasteiger partial charge is 0.193 e. The van der Waals surface area contributed by atoms with Crippen LogP contribution in [0.2, 0.25) is 5.22 Å². The van der Waals surface area contributed by atoms with Crippen LogP contribution in [-0.2, 0) is 6.42 Å². The van der Waals surface area contributed by atoms with Gasteiger partial charge in [0.25, 0.3) is 0 Å². The standard InChI is InChI=1S/C13H17ClN2OS/c1-3-6-15-10(11-4-5-12(14)17-11)7-13-16-9(2)8-18-13/h4-5,8,10,15H,3,6-7H2,1-2H3. The highest BCUT2D eigenvalue weighted by molar-refractivity contribution is 7.09. The van der Waals surface area contributed by atoms with Gasteiger partial charge >= 0.3 is 0 Å². The summed E-state index contributed by atoms with van der Waals surface area (Å²) in [6.45, 7) is 5.11. The number of nitrogens with zero attached hydrogens (tertiary/aromatic N) is 1. The van der Waals surface area contributed by atoms with E-state index in [0.29, 0.717) is 5.22 Å². The Balaban J connectivity index is 2.09. The molecule has 0 saturated carbocycles. The molecule has 0 radical (unpaired) electrons. The Morgan fingerprint density at radius 1 is 1.50 bits per heavy atom. The molecule has 18 heavy (non-hydrogen) atoms. The number of aryl methyl sites for hydroxylation is 1. The molecule has 1 unspecified atom stereocenters. The van der Waals surface area contributed by atoms with Gasteiger partial charge in [-0.15, -0.1) is 11.3 Å². The molecule has 1 N–H and O–H groups in total. The third-order valence-electron chi connectivity index (χ3n) is 2.62. The molecule has 3 nitrogen and oxygen atoms in total. The number of nitrogens with one attached hydrogen (secondary N) is 1. The molecule has 0 amide bonds. The predicted octanol–water partition coefficient (Wildman–Crippen LogP) is 3.98. The summed E-state index contributed by atoms with van der Waals surface area (Å²) in [6, 6.07) is 3.85. The van der Waals surface area contributed by atoms with Crippen molar-refractivity contribution >= 4 is 22.9 Å². The average molecular weight is 285 g/mol. The van der Waals surface area contributed by atoms with Gasteiger partial charge in [-0.1, -0.05) is 6.92 Å². The highest BCUT2D eigenvalue weighted by Crippen LogP contribution is 2.24. The zero-order valence-electron chi connectivity index (χ0n) is 10.6. The van der Waals surface area contributed by atoms with Gasteiger partial charge < -0.3 is 9.73 Å². The van der Waals surface area contributed by atoms with Crippen LogP contribution in [0, 0.1) is 6.92 Å². The van der Waals surface area contributed by atoms with Crippen LogP contribution in [0.15, 0.2) is 21.9 Å². The number of rotatable bonds is 6. The lowest BCUT2D eigenvalue weighted by molar-refractivity contribution is 0.411. The molecular weight excluding hydrogens is 268 g/mol. The van der Waals surface area contributed by atoms with Crippen LogP contribution < -0.4 is 5.32 Å². The molecule has 1 atom stereocenters. The lowest BCUT2D eigenvalue weighted by Crippen LogP contribution is -2.23. The van der Waals surface area contributed by atoms with E-state index in [4.69, 9.17) is 16.0 Å². The van der Waals surface area contributed by atoms with Gasteiger partial charge in [-0.2, -0.15) is 0 Å². The monoisotopic (exact) mass is 284 g/mol. The van der Waals surface area contributed by atoms with Gasteiger partial charge in [0.15, 0.2) is 5.22 Å². The minimum Gasteiger partial charge on any atom is -0.448 e. The molecule has 2 rings (SSSR count). The number of hydrogen-bond donors (Lipinski definition) is 1. The van der Waals surface area contributed by atoms with Crippen molar-refractivity contribution in [1.82, 2.24) is 10.3 Å². The summed E-state index contributed by atoms with van der Waals surface area (Å²) >= 11 is 7.53. The van der Waals surface area contributed by atoms with Gasteiger partial charge in [0.1, 0.15) is 5.76 Å². The number of furan rings is 1. The Morgan fingerprint density at radius 2 is 2.33 bits per heavy atom. The topological polar surface area (TPSA) is 38.1 Å². The first kappa shape index (κ1) is 13.6. The van der Waals surface area contributed by atoms with Gasteiger partial charge in [-0.05, 0) is 43.6 Å². The van der Waals surface area contributed by atoms with E-state index in [9.17, 15) is 0 Å². The minimum absolute atomic E-state index is 0.142. The highest BCUT2D eigenvalue weighted by atomic mass is 35.5. The molecule has 98 valence electrons. The summed E-state index contributed by atoms with van der Waals surface area (Å²) in [5, 5.41) is 7.09. The van der Waals surface area contributed by atoms with E-state index in [0.717, 1.165) is 35.8 Å². The predicted molar refractivity (Wildman–Crippen MR) is 75.3 cm³/mol.